The van der Waals surface area contributed by atoms with Gasteiger partial charge in [-0.25, -0.2) is 4.79 Å². The van der Waals surface area contributed by atoms with Crippen molar-refractivity contribution in [1.82, 2.24) is 5.32 Å². The average Bonchev–Trinajstić information content (AvgIpc) is 2.96. The van der Waals surface area contributed by atoms with Crippen molar-refractivity contribution < 1.29 is 9.53 Å². The Kier molecular flexibility index (Phi) is 4.60. The first kappa shape index (κ1) is 13.4. The lowest BCUT2D eigenvalue weighted by atomic mass is 9.93. The van der Waals surface area contributed by atoms with Gasteiger partial charge in [-0.05, 0) is 23.8 Å². The first-order valence-corrected chi connectivity index (χ1v) is 7.29. The summed E-state index contributed by atoms with van der Waals surface area (Å²) in [5.41, 5.74) is 0.848. The molecule has 2 atom stereocenters. The summed E-state index contributed by atoms with van der Waals surface area (Å²) in [4.78, 5) is 11.7. The molecule has 100 valence electrons. The van der Waals surface area contributed by atoms with E-state index >= 15 is 0 Å². The van der Waals surface area contributed by atoms with Crippen molar-refractivity contribution in [2.24, 2.45) is 11.8 Å². The lowest BCUT2D eigenvalue weighted by Gasteiger charge is -2.22. The third kappa shape index (κ3) is 3.46. The molecule has 1 aromatic heterocycles. The molecule has 0 aromatic carbocycles. The molecule has 18 heavy (non-hydrogen) atoms. The number of anilines is 1. The van der Waals surface area contributed by atoms with Gasteiger partial charge in [0.05, 0.1) is 11.8 Å². The summed E-state index contributed by atoms with van der Waals surface area (Å²) < 4.78 is 5.70. The molecule has 2 amide bonds. The van der Waals surface area contributed by atoms with Gasteiger partial charge in [0.15, 0.2) is 0 Å². The van der Waals surface area contributed by atoms with Crippen LogP contribution in [0.2, 0.25) is 0 Å². The van der Waals surface area contributed by atoms with Crippen LogP contribution in [-0.4, -0.2) is 25.3 Å². The zero-order chi connectivity index (χ0) is 13.0. The summed E-state index contributed by atoms with van der Waals surface area (Å²) in [7, 11) is 0. The maximum Gasteiger partial charge on any atom is 0.319 e. The minimum Gasteiger partial charge on any atom is -0.378 e. The number of carbonyl (C=O) groups is 1. The van der Waals surface area contributed by atoms with Crippen LogP contribution in [0.15, 0.2) is 16.8 Å². The molecular weight excluding hydrogens is 248 g/mol. The molecule has 2 rings (SSSR count). The lowest BCUT2D eigenvalue weighted by molar-refractivity contribution is 0.0546. The fourth-order valence-electron chi connectivity index (χ4n) is 2.35. The van der Waals surface area contributed by atoms with E-state index < -0.39 is 0 Å². The van der Waals surface area contributed by atoms with Gasteiger partial charge in [0.25, 0.3) is 0 Å². The Hall–Kier alpha value is -1.07. The number of hydrogen-bond donors (Lipinski definition) is 2. The van der Waals surface area contributed by atoms with Gasteiger partial charge in [-0.2, -0.15) is 11.3 Å². The van der Waals surface area contributed by atoms with Crippen LogP contribution >= 0.6 is 11.3 Å². The fraction of sp³-hybridized carbons (Fsp3) is 0.615. The molecule has 0 aliphatic carbocycles. The molecule has 0 saturated carbocycles. The Labute approximate surface area is 112 Å². The Bertz CT molecular complexity index is 378. The summed E-state index contributed by atoms with van der Waals surface area (Å²) >= 11 is 1.57. The summed E-state index contributed by atoms with van der Waals surface area (Å²) in [5.74, 6) is 0.928. The van der Waals surface area contributed by atoms with Crippen LogP contribution in [0.4, 0.5) is 10.5 Å². The third-order valence-electron chi connectivity index (χ3n) is 3.22. The topological polar surface area (TPSA) is 50.4 Å². The molecule has 2 heterocycles. The van der Waals surface area contributed by atoms with Gasteiger partial charge in [-0.3, -0.25) is 0 Å². The van der Waals surface area contributed by atoms with E-state index in [1.165, 1.54) is 0 Å². The maximum absolute atomic E-state index is 11.7. The van der Waals surface area contributed by atoms with Gasteiger partial charge < -0.3 is 15.4 Å². The van der Waals surface area contributed by atoms with Crippen molar-refractivity contribution in [1.29, 1.82) is 0 Å². The van der Waals surface area contributed by atoms with E-state index in [0.717, 1.165) is 18.7 Å². The van der Waals surface area contributed by atoms with E-state index in [1.54, 1.807) is 11.3 Å². The highest BCUT2D eigenvalue weighted by atomic mass is 32.1. The van der Waals surface area contributed by atoms with Crippen molar-refractivity contribution in [3.05, 3.63) is 16.8 Å². The van der Waals surface area contributed by atoms with Crippen molar-refractivity contribution in [2.45, 2.75) is 26.4 Å². The first-order valence-electron chi connectivity index (χ1n) is 6.35. The quantitative estimate of drug-likeness (QED) is 0.882. The number of nitrogens with one attached hydrogen (secondary N) is 2. The number of ether oxygens (including phenoxy) is 1. The molecule has 0 radical (unpaired) electrons. The zero-order valence-corrected chi connectivity index (χ0v) is 11.6. The van der Waals surface area contributed by atoms with Crippen molar-refractivity contribution in [3.63, 3.8) is 0 Å². The van der Waals surface area contributed by atoms with Crippen LogP contribution in [0.1, 0.15) is 20.3 Å². The maximum atomic E-state index is 11.7. The van der Waals surface area contributed by atoms with Gasteiger partial charge in [0.2, 0.25) is 0 Å². The van der Waals surface area contributed by atoms with Crippen molar-refractivity contribution >= 4 is 23.1 Å². The number of thiophene rings is 1. The Balaban J connectivity index is 1.75. The Morgan fingerprint density at radius 1 is 1.61 bits per heavy atom. The molecule has 1 aliphatic rings. The number of urea groups is 1. The molecule has 0 spiro atoms. The number of carbonyl (C=O) groups excluding carboxylic acids is 1. The minimum atomic E-state index is -0.136. The number of rotatable bonds is 4. The normalized spacial score (nSPS) is 23.3. The minimum absolute atomic E-state index is 0.136. The lowest BCUT2D eigenvalue weighted by Crippen LogP contribution is -2.37. The van der Waals surface area contributed by atoms with E-state index in [9.17, 15) is 4.79 Å². The molecule has 1 aliphatic heterocycles. The summed E-state index contributed by atoms with van der Waals surface area (Å²) in [6, 6.07) is 1.75. The van der Waals surface area contributed by atoms with Gasteiger partial charge in [-0.15, -0.1) is 0 Å². The van der Waals surface area contributed by atoms with Crippen LogP contribution in [0.5, 0.6) is 0 Å². The molecule has 0 unspecified atom stereocenters. The zero-order valence-electron chi connectivity index (χ0n) is 10.8. The van der Waals surface area contributed by atoms with Crippen LogP contribution < -0.4 is 10.6 Å². The molecule has 1 aromatic rings. The van der Waals surface area contributed by atoms with E-state index in [2.05, 4.69) is 24.5 Å². The largest absolute Gasteiger partial charge is 0.378 e. The molecule has 2 N–H and O–H groups in total. The van der Waals surface area contributed by atoms with E-state index in [1.807, 2.05) is 16.8 Å². The molecule has 1 fully saturated rings. The highest BCUT2D eigenvalue weighted by molar-refractivity contribution is 7.08. The van der Waals surface area contributed by atoms with E-state index in [-0.39, 0.29) is 12.1 Å². The smallest absolute Gasteiger partial charge is 0.319 e. The number of amides is 2. The van der Waals surface area contributed by atoms with Crippen LogP contribution in [0.3, 0.4) is 0 Å². The second-order valence-corrected chi connectivity index (χ2v) is 5.76. The van der Waals surface area contributed by atoms with E-state index in [0.29, 0.717) is 18.4 Å². The van der Waals surface area contributed by atoms with Crippen LogP contribution in [0.25, 0.3) is 0 Å². The second kappa shape index (κ2) is 6.20. The van der Waals surface area contributed by atoms with Gasteiger partial charge >= 0.3 is 6.03 Å². The summed E-state index contributed by atoms with van der Waals surface area (Å²) in [6.45, 7) is 5.81. The molecule has 0 bridgehead atoms. The highest BCUT2D eigenvalue weighted by Crippen LogP contribution is 2.26. The standard InChI is InChI=1S/C13H20N2O2S/c1-9(2)12-10(3-5-17-12)7-14-13(16)15-11-4-6-18-8-11/h4,6,8-10,12H,3,5,7H2,1-2H3,(H2,14,15,16)/t10-,12-/m1/s1. The molecule has 5 heteroatoms. The SMILES string of the molecule is CC(C)[C@H]1OCC[C@@H]1CNC(=O)Nc1ccsc1. The Morgan fingerprint density at radius 2 is 2.44 bits per heavy atom. The third-order valence-corrected chi connectivity index (χ3v) is 3.91. The van der Waals surface area contributed by atoms with Crippen molar-refractivity contribution in [2.75, 3.05) is 18.5 Å². The molecule has 1 saturated heterocycles. The molecular formula is C13H20N2O2S. The summed E-state index contributed by atoms with van der Waals surface area (Å²) in [6.07, 6.45) is 1.30. The second-order valence-electron chi connectivity index (χ2n) is 4.98. The number of hydrogen-bond acceptors (Lipinski definition) is 3. The van der Waals surface area contributed by atoms with Gasteiger partial charge in [-0.1, -0.05) is 13.8 Å². The van der Waals surface area contributed by atoms with Crippen LogP contribution in [-0.2, 0) is 4.74 Å². The van der Waals surface area contributed by atoms with Gasteiger partial charge in [0.1, 0.15) is 0 Å². The predicted molar refractivity (Wildman–Crippen MR) is 74.0 cm³/mol. The van der Waals surface area contributed by atoms with E-state index in [4.69, 9.17) is 4.74 Å². The Morgan fingerprint density at radius 3 is 3.11 bits per heavy atom. The van der Waals surface area contributed by atoms with Gasteiger partial charge in [0, 0.05) is 24.4 Å². The molecule has 4 nitrogen and oxygen atoms in total. The van der Waals surface area contributed by atoms with Crippen LogP contribution in [0, 0.1) is 11.8 Å². The highest BCUT2D eigenvalue weighted by Gasteiger charge is 2.30. The summed E-state index contributed by atoms with van der Waals surface area (Å²) in [5, 5.41) is 9.58. The fourth-order valence-corrected chi connectivity index (χ4v) is 2.93. The first-order chi connectivity index (χ1) is 8.66. The average molecular weight is 268 g/mol. The van der Waals surface area contributed by atoms with Crippen molar-refractivity contribution in [3.8, 4) is 0 Å². The predicted octanol–water partition coefficient (Wildman–Crippen LogP) is 2.93. The monoisotopic (exact) mass is 268 g/mol.